The maximum atomic E-state index is 11.8. The number of hydrogen-bond acceptors (Lipinski definition) is 6. The average Bonchev–Trinajstić information content (AvgIpc) is 3.06. The first kappa shape index (κ1) is 29.6. The van der Waals surface area contributed by atoms with Crippen LogP contribution in [0.5, 0.6) is 0 Å². The van der Waals surface area contributed by atoms with E-state index in [-0.39, 0.29) is 25.4 Å². The number of carbonyl (C=O) groups excluding carboxylic acids is 1. The van der Waals surface area contributed by atoms with Crippen LogP contribution in [0.4, 0.5) is 4.79 Å². The molecule has 4 aromatic rings. The zero-order valence-electron chi connectivity index (χ0n) is 23.4. The third-order valence-corrected chi connectivity index (χ3v) is 8.15. The molecule has 0 saturated carbocycles. The van der Waals surface area contributed by atoms with Gasteiger partial charge in [0.15, 0.2) is 6.29 Å². The largest absolute Gasteiger partial charge is 0.445 e. The molecule has 1 heterocycles. The van der Waals surface area contributed by atoms with Crippen molar-refractivity contribution in [2.75, 3.05) is 12.4 Å². The third kappa shape index (κ3) is 8.11. The molecule has 3 atom stereocenters. The first-order valence-corrected chi connectivity index (χ1v) is 15.0. The minimum atomic E-state index is -0.506. The molecule has 0 unspecified atom stereocenters. The van der Waals surface area contributed by atoms with Gasteiger partial charge in [-0.05, 0) is 46.0 Å². The van der Waals surface area contributed by atoms with E-state index in [1.807, 2.05) is 60.7 Å². The lowest BCUT2D eigenvalue weighted by molar-refractivity contribution is -0.245. The highest BCUT2D eigenvalue weighted by molar-refractivity contribution is 7.99. The molecule has 0 radical (unpaired) electrons. The van der Waals surface area contributed by atoms with Gasteiger partial charge in [-0.1, -0.05) is 97.6 Å². The van der Waals surface area contributed by atoms with Gasteiger partial charge in [0.25, 0.3) is 0 Å². The molecular formula is C35H35NO5S. The summed E-state index contributed by atoms with van der Waals surface area (Å²) in [6.45, 7) is 4.11. The van der Waals surface area contributed by atoms with Crippen LogP contribution in [0.2, 0.25) is 0 Å². The van der Waals surface area contributed by atoms with E-state index in [9.17, 15) is 9.90 Å². The number of benzene rings is 4. The second-order valence-electron chi connectivity index (χ2n) is 10.0. The van der Waals surface area contributed by atoms with Crippen LogP contribution in [-0.4, -0.2) is 29.7 Å². The highest BCUT2D eigenvalue weighted by Gasteiger charge is 2.32. The molecule has 1 aliphatic rings. The molecular weight excluding hydrogens is 546 g/mol. The fourth-order valence-electron chi connectivity index (χ4n) is 4.78. The number of carbonyl (C=O) groups is 1. The Morgan fingerprint density at radius 1 is 0.905 bits per heavy atom. The first-order chi connectivity index (χ1) is 20.6. The molecule has 1 saturated heterocycles. The van der Waals surface area contributed by atoms with Crippen LogP contribution in [0.3, 0.4) is 0 Å². The van der Waals surface area contributed by atoms with E-state index < -0.39 is 12.4 Å². The van der Waals surface area contributed by atoms with Gasteiger partial charge >= 0.3 is 6.09 Å². The van der Waals surface area contributed by atoms with E-state index >= 15 is 0 Å². The summed E-state index contributed by atoms with van der Waals surface area (Å²) in [7, 11) is 0. The molecule has 42 heavy (non-hydrogen) atoms. The lowest BCUT2D eigenvalue weighted by Crippen LogP contribution is -2.31. The Bertz CT molecular complexity index is 1440. The Morgan fingerprint density at radius 2 is 1.67 bits per heavy atom. The maximum Gasteiger partial charge on any atom is 0.407 e. The smallest absolute Gasteiger partial charge is 0.407 e. The number of ether oxygens (including phenoxy) is 3. The molecule has 0 aromatic heterocycles. The zero-order valence-corrected chi connectivity index (χ0v) is 24.2. The summed E-state index contributed by atoms with van der Waals surface area (Å²) in [4.78, 5) is 13.0. The number of aliphatic hydroxyl groups is 1. The van der Waals surface area contributed by atoms with Gasteiger partial charge in [-0.15, -0.1) is 11.8 Å². The van der Waals surface area contributed by atoms with Crippen LogP contribution in [0.1, 0.15) is 41.1 Å². The second-order valence-corrected chi connectivity index (χ2v) is 11.1. The number of amides is 1. The van der Waals surface area contributed by atoms with Crippen molar-refractivity contribution in [1.82, 2.24) is 5.32 Å². The third-order valence-electron chi connectivity index (χ3n) is 7.01. The highest BCUT2D eigenvalue weighted by atomic mass is 32.2. The predicted molar refractivity (Wildman–Crippen MR) is 166 cm³/mol. The lowest BCUT2D eigenvalue weighted by atomic mass is 9.99. The van der Waals surface area contributed by atoms with Crippen molar-refractivity contribution in [3.63, 3.8) is 0 Å². The van der Waals surface area contributed by atoms with Gasteiger partial charge < -0.3 is 24.6 Å². The number of aliphatic hydroxyl groups excluding tert-OH is 1. The summed E-state index contributed by atoms with van der Waals surface area (Å²) in [5, 5.41) is 12.2. The predicted octanol–water partition coefficient (Wildman–Crippen LogP) is 7.60. The minimum absolute atomic E-state index is 0.00139. The van der Waals surface area contributed by atoms with Crippen molar-refractivity contribution in [3.8, 4) is 11.1 Å². The standard InChI is InChI=1S/C35H35NO5S/c1-2-19-39-35(38)36-22-26-7-6-8-30(20-26)27-15-17-29(18-16-27)34-40-31(24-42-32-9-4-3-5-10-32)21-33(41-34)28-13-11-25(23-37)12-14-28/h2-18,20,31,33-34,37H,1,19,21-24H2,(H,36,38)/t31-,33+,34+/m1/s1. The molecule has 1 amide bonds. The van der Waals surface area contributed by atoms with Crippen LogP contribution in [0.25, 0.3) is 11.1 Å². The normalized spacial score (nSPS) is 18.3. The van der Waals surface area contributed by atoms with Crippen LogP contribution in [0, 0.1) is 0 Å². The highest BCUT2D eigenvalue weighted by Crippen LogP contribution is 2.40. The minimum Gasteiger partial charge on any atom is -0.445 e. The monoisotopic (exact) mass is 581 g/mol. The molecule has 1 aliphatic heterocycles. The van der Waals surface area contributed by atoms with Crippen molar-refractivity contribution in [2.24, 2.45) is 0 Å². The van der Waals surface area contributed by atoms with E-state index in [0.717, 1.165) is 45.6 Å². The number of hydrogen-bond donors (Lipinski definition) is 2. The molecule has 0 aliphatic carbocycles. The van der Waals surface area contributed by atoms with Gasteiger partial charge in [0.2, 0.25) is 0 Å². The Kier molecular flexibility index (Phi) is 10.5. The number of nitrogens with one attached hydrogen (secondary N) is 1. The topological polar surface area (TPSA) is 77.0 Å². The lowest BCUT2D eigenvalue weighted by Gasteiger charge is -2.36. The summed E-state index contributed by atoms with van der Waals surface area (Å²) in [5.74, 6) is 0.815. The van der Waals surface area contributed by atoms with Crippen molar-refractivity contribution in [1.29, 1.82) is 0 Å². The van der Waals surface area contributed by atoms with Gasteiger partial charge in [0.1, 0.15) is 6.61 Å². The van der Waals surface area contributed by atoms with Gasteiger partial charge in [-0.2, -0.15) is 0 Å². The summed E-state index contributed by atoms with van der Waals surface area (Å²) < 4.78 is 18.0. The SMILES string of the molecule is C=CCOC(=O)NCc1cccc(-c2ccc([C@H]3O[C@@H](CSc4ccccc4)C[C@@H](c4ccc(CO)cc4)O3)cc2)c1. The maximum absolute atomic E-state index is 11.8. The van der Waals surface area contributed by atoms with E-state index in [1.165, 1.54) is 11.0 Å². The second kappa shape index (κ2) is 14.8. The summed E-state index contributed by atoms with van der Waals surface area (Å²) in [6.07, 6.45) is 1.17. The van der Waals surface area contributed by atoms with Crippen molar-refractivity contribution < 1.29 is 24.1 Å². The van der Waals surface area contributed by atoms with Crippen LogP contribution in [-0.2, 0) is 27.4 Å². The molecule has 0 bridgehead atoms. The van der Waals surface area contributed by atoms with E-state index in [2.05, 4.69) is 54.4 Å². The summed E-state index contributed by atoms with van der Waals surface area (Å²) in [5.41, 5.74) is 5.97. The van der Waals surface area contributed by atoms with Crippen molar-refractivity contribution in [2.45, 2.75) is 43.0 Å². The number of alkyl carbamates (subject to hydrolysis) is 1. The average molecular weight is 582 g/mol. The molecule has 4 aromatic carbocycles. The molecule has 2 N–H and O–H groups in total. The van der Waals surface area contributed by atoms with Crippen LogP contribution >= 0.6 is 11.8 Å². The molecule has 0 spiro atoms. The zero-order chi connectivity index (χ0) is 29.1. The van der Waals surface area contributed by atoms with Gasteiger partial charge in [-0.3, -0.25) is 0 Å². The number of thioether (sulfide) groups is 1. The molecule has 7 heteroatoms. The van der Waals surface area contributed by atoms with Gasteiger partial charge in [0, 0.05) is 29.2 Å². The fourth-order valence-corrected chi connectivity index (χ4v) is 5.72. The van der Waals surface area contributed by atoms with E-state index in [1.54, 1.807) is 11.8 Å². The Balaban J connectivity index is 1.29. The van der Waals surface area contributed by atoms with Crippen LogP contribution in [0.15, 0.2) is 121 Å². The van der Waals surface area contributed by atoms with E-state index in [0.29, 0.717) is 6.54 Å². The molecule has 5 rings (SSSR count). The Labute approximate surface area is 251 Å². The van der Waals surface area contributed by atoms with Gasteiger partial charge in [0.05, 0.1) is 18.8 Å². The molecule has 6 nitrogen and oxygen atoms in total. The summed E-state index contributed by atoms with van der Waals surface area (Å²) >= 11 is 1.79. The number of rotatable bonds is 11. The van der Waals surface area contributed by atoms with Crippen molar-refractivity contribution in [3.05, 3.63) is 138 Å². The fraction of sp³-hybridized carbons (Fsp3) is 0.229. The van der Waals surface area contributed by atoms with Crippen LogP contribution < -0.4 is 5.32 Å². The van der Waals surface area contributed by atoms with Gasteiger partial charge in [-0.25, -0.2) is 4.79 Å². The quantitative estimate of drug-likeness (QED) is 0.140. The van der Waals surface area contributed by atoms with E-state index in [4.69, 9.17) is 14.2 Å². The Morgan fingerprint density at radius 3 is 2.40 bits per heavy atom. The molecule has 1 fully saturated rings. The molecule has 216 valence electrons. The summed E-state index contributed by atoms with van der Waals surface area (Å²) in [6, 6.07) is 34.6. The van der Waals surface area contributed by atoms with Crippen molar-refractivity contribution >= 4 is 17.9 Å². The first-order valence-electron chi connectivity index (χ1n) is 14.0. The Hall–Kier alpha value is -3.88.